The van der Waals surface area contributed by atoms with Gasteiger partial charge in [0.15, 0.2) is 11.5 Å². The zero-order chi connectivity index (χ0) is 11.7. The molecule has 0 saturated carbocycles. The zero-order valence-corrected chi connectivity index (χ0v) is 9.65. The van der Waals surface area contributed by atoms with Crippen LogP contribution in [0.1, 0.15) is 29.6 Å². The predicted octanol–water partition coefficient (Wildman–Crippen LogP) is 2.04. The minimum atomic E-state index is 0.0621. The Morgan fingerprint density at radius 2 is 1.94 bits per heavy atom. The largest absolute Gasteiger partial charge is 0.454 e. The highest BCUT2D eigenvalue weighted by atomic mass is 16.7. The molecule has 0 aromatic heterocycles. The SMILES string of the molecule is O=C(c1cccc2c1OCO2)N1CCCCC1. The highest BCUT2D eigenvalue weighted by molar-refractivity contribution is 5.98. The van der Waals surface area contributed by atoms with Gasteiger partial charge >= 0.3 is 0 Å². The van der Waals surface area contributed by atoms with Gasteiger partial charge in [-0.25, -0.2) is 0 Å². The second kappa shape index (κ2) is 4.28. The summed E-state index contributed by atoms with van der Waals surface area (Å²) in [6, 6.07) is 5.48. The average molecular weight is 233 g/mol. The first-order valence-electron chi connectivity index (χ1n) is 6.04. The number of hydrogen-bond donors (Lipinski definition) is 0. The van der Waals surface area contributed by atoms with Crippen LogP contribution in [0.5, 0.6) is 11.5 Å². The molecule has 4 heteroatoms. The van der Waals surface area contributed by atoms with Gasteiger partial charge in [-0.15, -0.1) is 0 Å². The minimum Gasteiger partial charge on any atom is -0.454 e. The second-order valence-corrected chi connectivity index (χ2v) is 4.39. The van der Waals surface area contributed by atoms with Gasteiger partial charge in [-0.1, -0.05) is 6.07 Å². The van der Waals surface area contributed by atoms with Crippen LogP contribution in [0.25, 0.3) is 0 Å². The molecule has 0 unspecified atom stereocenters. The van der Waals surface area contributed by atoms with Crippen LogP contribution in [0.15, 0.2) is 18.2 Å². The Hall–Kier alpha value is -1.71. The molecule has 90 valence electrons. The van der Waals surface area contributed by atoms with E-state index in [0.29, 0.717) is 17.1 Å². The van der Waals surface area contributed by atoms with Crippen molar-refractivity contribution in [3.05, 3.63) is 23.8 Å². The quantitative estimate of drug-likeness (QED) is 0.745. The lowest BCUT2D eigenvalue weighted by Crippen LogP contribution is -2.35. The van der Waals surface area contributed by atoms with Gasteiger partial charge in [0, 0.05) is 13.1 Å². The van der Waals surface area contributed by atoms with Gasteiger partial charge < -0.3 is 14.4 Å². The van der Waals surface area contributed by atoms with E-state index in [2.05, 4.69) is 0 Å². The van der Waals surface area contributed by atoms with Crippen molar-refractivity contribution in [2.45, 2.75) is 19.3 Å². The Kier molecular flexibility index (Phi) is 2.63. The fourth-order valence-corrected chi connectivity index (χ4v) is 2.37. The molecule has 1 aromatic rings. The zero-order valence-electron chi connectivity index (χ0n) is 9.65. The summed E-state index contributed by atoms with van der Waals surface area (Å²) >= 11 is 0. The lowest BCUT2D eigenvalue weighted by Gasteiger charge is -2.27. The van der Waals surface area contributed by atoms with Gasteiger partial charge in [0.25, 0.3) is 5.91 Å². The molecular weight excluding hydrogens is 218 g/mol. The molecule has 2 aliphatic heterocycles. The predicted molar refractivity (Wildman–Crippen MR) is 62.3 cm³/mol. The number of piperidine rings is 1. The Balaban J connectivity index is 1.88. The number of rotatable bonds is 1. The number of amides is 1. The van der Waals surface area contributed by atoms with E-state index < -0.39 is 0 Å². The van der Waals surface area contributed by atoms with Gasteiger partial charge in [-0.05, 0) is 31.4 Å². The highest BCUT2D eigenvalue weighted by Crippen LogP contribution is 2.36. The lowest BCUT2D eigenvalue weighted by atomic mass is 10.1. The summed E-state index contributed by atoms with van der Waals surface area (Å²) in [4.78, 5) is 14.3. The Morgan fingerprint density at radius 3 is 2.76 bits per heavy atom. The van der Waals surface area contributed by atoms with Crippen LogP contribution >= 0.6 is 0 Å². The van der Waals surface area contributed by atoms with Crippen LogP contribution < -0.4 is 9.47 Å². The molecule has 0 spiro atoms. The van der Waals surface area contributed by atoms with E-state index in [0.717, 1.165) is 25.9 Å². The Morgan fingerprint density at radius 1 is 1.12 bits per heavy atom. The Bertz CT molecular complexity index is 438. The van der Waals surface area contributed by atoms with Crippen LogP contribution in [-0.4, -0.2) is 30.7 Å². The molecule has 0 atom stereocenters. The van der Waals surface area contributed by atoms with Gasteiger partial charge in [0.2, 0.25) is 6.79 Å². The third-order valence-electron chi connectivity index (χ3n) is 3.27. The van der Waals surface area contributed by atoms with E-state index in [9.17, 15) is 4.79 Å². The van der Waals surface area contributed by atoms with Gasteiger partial charge in [-0.2, -0.15) is 0 Å². The maximum absolute atomic E-state index is 12.3. The number of benzene rings is 1. The molecule has 0 aliphatic carbocycles. The van der Waals surface area contributed by atoms with Crippen LogP contribution in [0.3, 0.4) is 0 Å². The van der Waals surface area contributed by atoms with Crippen molar-refractivity contribution in [1.82, 2.24) is 4.90 Å². The smallest absolute Gasteiger partial charge is 0.257 e. The van der Waals surface area contributed by atoms with Crippen LogP contribution in [-0.2, 0) is 0 Å². The molecular formula is C13H15NO3. The number of carbonyl (C=O) groups excluding carboxylic acids is 1. The highest BCUT2D eigenvalue weighted by Gasteiger charge is 2.25. The summed E-state index contributed by atoms with van der Waals surface area (Å²) in [5, 5.41) is 0. The topological polar surface area (TPSA) is 38.8 Å². The molecule has 2 aliphatic rings. The van der Waals surface area contributed by atoms with E-state index in [1.54, 1.807) is 0 Å². The van der Waals surface area contributed by atoms with E-state index in [4.69, 9.17) is 9.47 Å². The van der Waals surface area contributed by atoms with Gasteiger partial charge in [0.1, 0.15) is 0 Å². The lowest BCUT2D eigenvalue weighted by molar-refractivity contribution is 0.0719. The summed E-state index contributed by atoms with van der Waals surface area (Å²) in [6.07, 6.45) is 3.41. The van der Waals surface area contributed by atoms with E-state index in [1.807, 2.05) is 23.1 Å². The summed E-state index contributed by atoms with van der Waals surface area (Å²) in [5.74, 6) is 1.34. The number of ether oxygens (including phenoxy) is 2. The molecule has 3 rings (SSSR count). The maximum atomic E-state index is 12.3. The molecule has 17 heavy (non-hydrogen) atoms. The summed E-state index contributed by atoms with van der Waals surface area (Å²) in [7, 11) is 0. The number of hydrogen-bond acceptors (Lipinski definition) is 3. The number of fused-ring (bicyclic) bond motifs is 1. The summed E-state index contributed by atoms with van der Waals surface area (Å²) < 4.78 is 10.7. The third-order valence-corrected chi connectivity index (χ3v) is 3.27. The van der Waals surface area contributed by atoms with E-state index >= 15 is 0 Å². The Labute approximate surface area is 100 Å². The number of carbonyl (C=O) groups is 1. The summed E-state index contributed by atoms with van der Waals surface area (Å²) in [6.45, 7) is 1.91. The van der Waals surface area contributed by atoms with Crippen molar-refractivity contribution >= 4 is 5.91 Å². The number of para-hydroxylation sites is 1. The van der Waals surface area contributed by atoms with Crippen molar-refractivity contribution in [3.63, 3.8) is 0 Å². The van der Waals surface area contributed by atoms with Crippen molar-refractivity contribution in [2.75, 3.05) is 19.9 Å². The molecule has 2 heterocycles. The molecule has 0 N–H and O–H groups in total. The molecule has 1 fully saturated rings. The third kappa shape index (κ3) is 1.84. The fourth-order valence-electron chi connectivity index (χ4n) is 2.37. The van der Waals surface area contributed by atoms with Gasteiger partial charge in [-0.3, -0.25) is 4.79 Å². The van der Waals surface area contributed by atoms with Crippen molar-refractivity contribution in [2.24, 2.45) is 0 Å². The standard InChI is InChI=1S/C13H15NO3/c15-13(14-7-2-1-3-8-14)10-5-4-6-11-12(10)17-9-16-11/h4-6H,1-3,7-9H2. The molecule has 4 nitrogen and oxygen atoms in total. The normalized spacial score (nSPS) is 18.2. The van der Waals surface area contributed by atoms with Crippen molar-refractivity contribution < 1.29 is 14.3 Å². The molecule has 1 saturated heterocycles. The first-order valence-corrected chi connectivity index (χ1v) is 6.04. The summed E-state index contributed by atoms with van der Waals surface area (Å²) in [5.41, 5.74) is 0.627. The number of likely N-dealkylation sites (tertiary alicyclic amines) is 1. The number of nitrogens with zero attached hydrogens (tertiary/aromatic N) is 1. The second-order valence-electron chi connectivity index (χ2n) is 4.39. The first-order chi connectivity index (χ1) is 8.36. The minimum absolute atomic E-state index is 0.0621. The average Bonchev–Trinajstić information content (AvgIpc) is 2.87. The van der Waals surface area contributed by atoms with Crippen molar-refractivity contribution in [1.29, 1.82) is 0 Å². The van der Waals surface area contributed by atoms with Crippen LogP contribution in [0.2, 0.25) is 0 Å². The van der Waals surface area contributed by atoms with E-state index in [1.165, 1.54) is 6.42 Å². The monoisotopic (exact) mass is 233 g/mol. The fraction of sp³-hybridized carbons (Fsp3) is 0.462. The first kappa shape index (κ1) is 10.4. The molecule has 0 bridgehead atoms. The van der Waals surface area contributed by atoms with Crippen molar-refractivity contribution in [3.8, 4) is 11.5 Å². The van der Waals surface area contributed by atoms with Crippen LogP contribution in [0, 0.1) is 0 Å². The molecule has 0 radical (unpaired) electrons. The van der Waals surface area contributed by atoms with Gasteiger partial charge in [0.05, 0.1) is 5.56 Å². The molecule has 1 amide bonds. The maximum Gasteiger partial charge on any atom is 0.257 e. The van der Waals surface area contributed by atoms with E-state index in [-0.39, 0.29) is 12.7 Å². The van der Waals surface area contributed by atoms with Crippen LogP contribution in [0.4, 0.5) is 0 Å². The molecule has 1 aromatic carbocycles.